The van der Waals surface area contributed by atoms with E-state index in [1.165, 1.54) is 0 Å². The average Bonchev–Trinajstić information content (AvgIpc) is 3.10. The molecule has 5 nitrogen and oxygen atoms in total. The summed E-state index contributed by atoms with van der Waals surface area (Å²) in [6.07, 6.45) is 0.519. The Hall–Kier alpha value is -1.92. The highest BCUT2D eigenvalue weighted by Crippen LogP contribution is 2.19. The zero-order valence-electron chi connectivity index (χ0n) is 10.4. The summed E-state index contributed by atoms with van der Waals surface area (Å²) in [4.78, 5) is 4.17. The van der Waals surface area contributed by atoms with Gasteiger partial charge < -0.3 is 9.73 Å². The molecule has 2 heterocycles. The molecule has 7 heteroatoms. The minimum absolute atomic E-state index is 0.389. The Balaban J connectivity index is 1.63. The quantitative estimate of drug-likeness (QED) is 0.783. The Bertz CT molecular complexity index is 683. The molecule has 0 saturated heterocycles. The third-order valence-electron chi connectivity index (χ3n) is 2.67. The molecule has 1 aromatic carbocycles. The molecule has 0 unspecified atom stereocenters. The maximum atomic E-state index is 6.10. The van der Waals surface area contributed by atoms with Gasteiger partial charge in [0.1, 0.15) is 0 Å². The maximum absolute atomic E-state index is 6.10. The van der Waals surface area contributed by atoms with Crippen LogP contribution in [-0.2, 0) is 13.0 Å². The second-order valence-electron chi connectivity index (χ2n) is 4.10. The van der Waals surface area contributed by atoms with Crippen molar-refractivity contribution >= 4 is 29.0 Å². The normalized spacial score (nSPS) is 10.7. The van der Waals surface area contributed by atoms with Gasteiger partial charge in [-0.05, 0) is 11.6 Å². The van der Waals surface area contributed by atoms with Crippen molar-refractivity contribution < 1.29 is 4.42 Å². The van der Waals surface area contributed by atoms with Crippen molar-refractivity contribution in [1.82, 2.24) is 15.2 Å². The second-order valence-corrected chi connectivity index (χ2v) is 5.23. The predicted octanol–water partition coefficient (Wildman–Crippen LogP) is 3.38. The van der Waals surface area contributed by atoms with Crippen molar-refractivity contribution in [2.45, 2.75) is 13.0 Å². The van der Waals surface area contributed by atoms with Crippen LogP contribution in [0.25, 0.3) is 0 Å². The Morgan fingerprint density at radius 2 is 2.15 bits per heavy atom. The van der Waals surface area contributed by atoms with E-state index in [2.05, 4.69) is 20.5 Å². The fraction of sp³-hybridized carbons (Fsp3) is 0.154. The number of halogens is 1. The molecule has 0 saturated carbocycles. The zero-order valence-corrected chi connectivity index (χ0v) is 12.0. The Morgan fingerprint density at radius 3 is 2.95 bits per heavy atom. The van der Waals surface area contributed by atoms with Crippen molar-refractivity contribution in [3.8, 4) is 0 Å². The van der Waals surface area contributed by atoms with Gasteiger partial charge in [-0.3, -0.25) is 0 Å². The zero-order chi connectivity index (χ0) is 13.8. The van der Waals surface area contributed by atoms with Gasteiger partial charge in [0, 0.05) is 10.4 Å². The Morgan fingerprint density at radius 1 is 1.25 bits per heavy atom. The van der Waals surface area contributed by atoms with Crippen LogP contribution in [0.4, 0.5) is 6.01 Å². The molecule has 0 aliphatic rings. The van der Waals surface area contributed by atoms with Gasteiger partial charge in [0.05, 0.1) is 24.2 Å². The number of anilines is 1. The van der Waals surface area contributed by atoms with Crippen LogP contribution in [0.1, 0.15) is 17.1 Å². The lowest BCUT2D eigenvalue weighted by atomic mass is 10.1. The van der Waals surface area contributed by atoms with Crippen LogP contribution in [-0.4, -0.2) is 15.2 Å². The van der Waals surface area contributed by atoms with Gasteiger partial charge in [0.2, 0.25) is 5.89 Å². The number of benzene rings is 1. The van der Waals surface area contributed by atoms with Crippen molar-refractivity contribution in [2.24, 2.45) is 0 Å². The summed E-state index contributed by atoms with van der Waals surface area (Å²) in [6, 6.07) is 7.99. The molecule has 20 heavy (non-hydrogen) atoms. The van der Waals surface area contributed by atoms with Gasteiger partial charge >= 0.3 is 6.01 Å². The minimum Gasteiger partial charge on any atom is -0.408 e. The smallest absolute Gasteiger partial charge is 0.315 e. The van der Waals surface area contributed by atoms with E-state index in [-0.39, 0.29) is 0 Å². The number of aromatic nitrogens is 3. The first-order chi connectivity index (χ1) is 9.81. The van der Waals surface area contributed by atoms with Crippen LogP contribution in [0.15, 0.2) is 39.6 Å². The van der Waals surface area contributed by atoms with Gasteiger partial charge in [-0.15, -0.1) is 16.4 Å². The summed E-state index contributed by atoms with van der Waals surface area (Å²) in [5.74, 6) is 0.527. The minimum atomic E-state index is 0.389. The lowest BCUT2D eigenvalue weighted by molar-refractivity contribution is 0.516. The van der Waals surface area contributed by atoms with Gasteiger partial charge in [0.15, 0.2) is 0 Å². The molecule has 0 atom stereocenters. The van der Waals surface area contributed by atoms with Gasteiger partial charge in [0.25, 0.3) is 0 Å². The first-order valence-corrected chi connectivity index (χ1v) is 7.30. The van der Waals surface area contributed by atoms with Crippen molar-refractivity contribution in [3.63, 3.8) is 0 Å². The SMILES string of the molecule is Clc1ccccc1Cc1nnc(NCc2cscn2)o1. The third kappa shape index (κ3) is 3.15. The second kappa shape index (κ2) is 6.02. The summed E-state index contributed by atoms with van der Waals surface area (Å²) in [5.41, 5.74) is 3.69. The first-order valence-electron chi connectivity index (χ1n) is 5.98. The van der Waals surface area contributed by atoms with E-state index in [4.69, 9.17) is 16.0 Å². The first kappa shape index (κ1) is 13.1. The molecule has 0 spiro atoms. The summed E-state index contributed by atoms with van der Waals surface area (Å²) < 4.78 is 5.52. The molecule has 0 bridgehead atoms. The molecular weight excluding hydrogens is 296 g/mol. The molecule has 0 aliphatic carbocycles. The molecular formula is C13H11ClN4OS. The van der Waals surface area contributed by atoms with E-state index in [9.17, 15) is 0 Å². The van der Waals surface area contributed by atoms with E-state index in [0.717, 1.165) is 11.3 Å². The fourth-order valence-electron chi connectivity index (χ4n) is 1.69. The standard InChI is InChI=1S/C13H11ClN4OS/c14-11-4-2-1-3-9(11)5-12-17-18-13(19-12)15-6-10-7-20-8-16-10/h1-4,7-8H,5-6H2,(H,15,18). The highest BCUT2D eigenvalue weighted by atomic mass is 35.5. The van der Waals surface area contributed by atoms with Crippen LogP contribution in [0.5, 0.6) is 0 Å². The summed E-state index contributed by atoms with van der Waals surface area (Å²) in [7, 11) is 0. The van der Waals surface area contributed by atoms with E-state index in [0.29, 0.717) is 29.9 Å². The number of hydrogen-bond acceptors (Lipinski definition) is 6. The van der Waals surface area contributed by atoms with Crippen LogP contribution >= 0.6 is 22.9 Å². The number of rotatable bonds is 5. The number of hydrogen-bond donors (Lipinski definition) is 1. The van der Waals surface area contributed by atoms with E-state index < -0.39 is 0 Å². The molecule has 0 amide bonds. The number of nitrogens with one attached hydrogen (secondary N) is 1. The Labute approximate surface area is 124 Å². The third-order valence-corrected chi connectivity index (χ3v) is 3.67. The van der Waals surface area contributed by atoms with E-state index in [1.807, 2.05) is 29.6 Å². The van der Waals surface area contributed by atoms with Crippen LogP contribution in [0.2, 0.25) is 5.02 Å². The topological polar surface area (TPSA) is 63.8 Å². The molecule has 1 N–H and O–H groups in total. The highest BCUT2D eigenvalue weighted by molar-refractivity contribution is 7.07. The van der Waals surface area contributed by atoms with Crippen molar-refractivity contribution in [2.75, 3.05) is 5.32 Å². The summed E-state index contributed by atoms with van der Waals surface area (Å²) in [6.45, 7) is 0.567. The molecule has 0 radical (unpaired) electrons. The summed E-state index contributed by atoms with van der Waals surface area (Å²) in [5, 5.41) is 13.6. The number of thiazole rings is 1. The Kier molecular flexibility index (Phi) is 3.94. The molecule has 3 rings (SSSR count). The molecule has 0 aliphatic heterocycles. The van der Waals surface area contributed by atoms with E-state index >= 15 is 0 Å². The van der Waals surface area contributed by atoms with Crippen LogP contribution in [0, 0.1) is 0 Å². The van der Waals surface area contributed by atoms with Crippen LogP contribution in [0.3, 0.4) is 0 Å². The monoisotopic (exact) mass is 306 g/mol. The predicted molar refractivity (Wildman–Crippen MR) is 78.0 cm³/mol. The largest absolute Gasteiger partial charge is 0.408 e. The molecule has 3 aromatic rings. The molecule has 0 fully saturated rings. The molecule has 2 aromatic heterocycles. The number of nitrogens with zero attached hydrogens (tertiary/aromatic N) is 3. The lowest BCUT2D eigenvalue weighted by Gasteiger charge is -1.99. The maximum Gasteiger partial charge on any atom is 0.315 e. The fourth-order valence-corrected chi connectivity index (χ4v) is 2.45. The van der Waals surface area contributed by atoms with Crippen molar-refractivity contribution in [3.05, 3.63) is 57.3 Å². The van der Waals surface area contributed by atoms with Crippen LogP contribution < -0.4 is 5.32 Å². The van der Waals surface area contributed by atoms with Crippen molar-refractivity contribution in [1.29, 1.82) is 0 Å². The molecule has 102 valence electrons. The highest BCUT2D eigenvalue weighted by Gasteiger charge is 2.09. The lowest BCUT2D eigenvalue weighted by Crippen LogP contribution is -1.99. The van der Waals surface area contributed by atoms with Gasteiger partial charge in [-0.2, -0.15) is 0 Å². The average molecular weight is 307 g/mol. The van der Waals surface area contributed by atoms with Gasteiger partial charge in [-0.25, -0.2) is 4.98 Å². The van der Waals surface area contributed by atoms with E-state index in [1.54, 1.807) is 16.8 Å². The summed E-state index contributed by atoms with van der Waals surface area (Å²) >= 11 is 7.65. The van der Waals surface area contributed by atoms with Gasteiger partial charge in [-0.1, -0.05) is 34.9 Å².